The quantitative estimate of drug-likeness (QED) is 0.421. The zero-order valence-corrected chi connectivity index (χ0v) is 13.1. The van der Waals surface area contributed by atoms with Crippen LogP contribution >= 0.6 is 0 Å². The second-order valence-electron chi connectivity index (χ2n) is 5.48. The van der Waals surface area contributed by atoms with Crippen molar-refractivity contribution in [1.82, 2.24) is 4.57 Å². The van der Waals surface area contributed by atoms with E-state index in [4.69, 9.17) is 5.53 Å². The summed E-state index contributed by atoms with van der Waals surface area (Å²) in [6.07, 6.45) is 0.954. The van der Waals surface area contributed by atoms with E-state index < -0.39 is 0 Å². The van der Waals surface area contributed by atoms with E-state index in [0.717, 1.165) is 22.7 Å². The van der Waals surface area contributed by atoms with E-state index in [9.17, 15) is 9.59 Å². The Morgan fingerprint density at radius 2 is 1.75 bits per heavy atom. The van der Waals surface area contributed by atoms with Crippen LogP contribution in [0.3, 0.4) is 0 Å². The molecule has 118 valence electrons. The predicted octanol–water partition coefficient (Wildman–Crippen LogP) is 3.05. The van der Waals surface area contributed by atoms with Crippen LogP contribution in [0.4, 0.5) is 0 Å². The van der Waals surface area contributed by atoms with E-state index in [1.54, 1.807) is 16.7 Å². The van der Waals surface area contributed by atoms with Crippen molar-refractivity contribution < 1.29 is 14.4 Å². The summed E-state index contributed by atoms with van der Waals surface area (Å²) in [6.45, 7) is 1.82. The molecule has 0 amide bonds. The van der Waals surface area contributed by atoms with Crippen molar-refractivity contribution in [3.63, 3.8) is 0 Å². The molecule has 0 aliphatic rings. The highest BCUT2D eigenvalue weighted by Crippen LogP contribution is 2.27. The highest BCUT2D eigenvalue weighted by Gasteiger charge is 2.21. The molecule has 5 heteroatoms. The van der Waals surface area contributed by atoms with Crippen molar-refractivity contribution in [2.45, 2.75) is 13.3 Å². The summed E-state index contributed by atoms with van der Waals surface area (Å²) in [5.74, 6) is -0.463. The van der Waals surface area contributed by atoms with Gasteiger partial charge in [0.05, 0.1) is 5.52 Å². The van der Waals surface area contributed by atoms with Crippen LogP contribution in [0, 0.1) is 6.92 Å². The molecule has 0 atom stereocenters. The predicted molar refractivity (Wildman–Crippen MR) is 91.2 cm³/mol. The van der Waals surface area contributed by atoms with Gasteiger partial charge in [-0.2, -0.15) is 4.79 Å². The van der Waals surface area contributed by atoms with Crippen molar-refractivity contribution in [2.75, 3.05) is 0 Å². The SMILES string of the molecule is Cc1c(CC(=O)C=[N+]=[N-])c2ccccc2n1C(=O)c1ccccc1. The molecule has 0 saturated carbocycles. The number of para-hydroxylation sites is 1. The average Bonchev–Trinajstić information content (AvgIpc) is 2.87. The Bertz CT molecular complexity index is 981. The summed E-state index contributed by atoms with van der Waals surface area (Å²) in [5, 5.41) is 0.846. The molecule has 0 spiro atoms. The van der Waals surface area contributed by atoms with Gasteiger partial charge in [0.15, 0.2) is 0 Å². The number of fused-ring (bicyclic) bond motifs is 1. The first-order valence-electron chi connectivity index (χ1n) is 7.52. The van der Waals surface area contributed by atoms with Gasteiger partial charge in [0, 0.05) is 23.1 Å². The summed E-state index contributed by atoms with van der Waals surface area (Å²) in [4.78, 5) is 27.6. The zero-order chi connectivity index (χ0) is 17.1. The highest BCUT2D eigenvalue weighted by atomic mass is 16.2. The minimum absolute atomic E-state index is 0.0749. The Kier molecular flexibility index (Phi) is 4.18. The topological polar surface area (TPSA) is 75.5 Å². The van der Waals surface area contributed by atoms with Gasteiger partial charge in [-0.15, -0.1) is 0 Å². The van der Waals surface area contributed by atoms with Gasteiger partial charge in [0.25, 0.3) is 5.91 Å². The summed E-state index contributed by atoms with van der Waals surface area (Å²) in [7, 11) is 0. The molecule has 2 aromatic carbocycles. The summed E-state index contributed by atoms with van der Waals surface area (Å²) in [5.41, 5.74) is 11.3. The average molecular weight is 317 g/mol. The molecule has 0 fully saturated rings. The van der Waals surface area contributed by atoms with Crippen LogP contribution in [0.1, 0.15) is 21.6 Å². The molecule has 0 aliphatic carbocycles. The molecule has 1 heterocycles. The monoisotopic (exact) mass is 317 g/mol. The molecule has 0 radical (unpaired) electrons. The van der Waals surface area contributed by atoms with Crippen LogP contribution in [-0.2, 0) is 11.2 Å². The molecule has 24 heavy (non-hydrogen) atoms. The van der Waals surface area contributed by atoms with Gasteiger partial charge in [-0.25, -0.2) is 0 Å². The first-order valence-corrected chi connectivity index (χ1v) is 7.52. The fourth-order valence-electron chi connectivity index (χ4n) is 2.91. The maximum atomic E-state index is 12.9. The number of carbonyl (C=O) groups excluding carboxylic acids is 2. The third kappa shape index (κ3) is 2.69. The van der Waals surface area contributed by atoms with Gasteiger partial charge in [-0.05, 0) is 30.7 Å². The van der Waals surface area contributed by atoms with Crippen LogP contribution in [-0.4, -0.2) is 27.3 Å². The number of ketones is 1. The molecule has 0 N–H and O–H groups in total. The van der Waals surface area contributed by atoms with Gasteiger partial charge in [0.1, 0.15) is 0 Å². The first-order chi connectivity index (χ1) is 11.6. The maximum Gasteiger partial charge on any atom is 0.323 e. The Hall–Kier alpha value is -3.30. The lowest BCUT2D eigenvalue weighted by Crippen LogP contribution is -2.14. The molecule has 3 rings (SSSR count). The van der Waals surface area contributed by atoms with Crippen LogP contribution in [0.25, 0.3) is 16.4 Å². The summed E-state index contributed by atoms with van der Waals surface area (Å²) < 4.78 is 1.63. The van der Waals surface area contributed by atoms with Crippen molar-refractivity contribution in [3.8, 4) is 0 Å². The summed E-state index contributed by atoms with van der Waals surface area (Å²) >= 11 is 0. The molecule has 0 saturated heterocycles. The third-order valence-electron chi connectivity index (χ3n) is 4.02. The fraction of sp³-hybridized carbons (Fsp3) is 0.105. The smallest absolute Gasteiger partial charge is 0.323 e. The molecule has 5 nitrogen and oxygen atoms in total. The molecule has 0 bridgehead atoms. The normalized spacial score (nSPS) is 10.4. The molecular weight excluding hydrogens is 302 g/mol. The number of aromatic nitrogens is 1. The van der Waals surface area contributed by atoms with E-state index in [1.807, 2.05) is 49.4 Å². The molecule has 3 aromatic rings. The molecule has 1 aromatic heterocycles. The van der Waals surface area contributed by atoms with E-state index in [-0.39, 0.29) is 18.1 Å². The lowest BCUT2D eigenvalue weighted by Gasteiger charge is -2.07. The van der Waals surface area contributed by atoms with Crippen molar-refractivity contribution in [1.29, 1.82) is 0 Å². The van der Waals surface area contributed by atoms with E-state index >= 15 is 0 Å². The number of Topliss-reactive ketones (excluding diaryl/α,β-unsaturated/α-hetero) is 1. The second-order valence-corrected chi connectivity index (χ2v) is 5.48. The van der Waals surface area contributed by atoms with Crippen LogP contribution in [0.5, 0.6) is 0 Å². The number of hydrogen-bond donors (Lipinski definition) is 0. The number of benzene rings is 2. The second kappa shape index (κ2) is 6.44. The van der Waals surface area contributed by atoms with E-state index in [2.05, 4.69) is 4.79 Å². The minimum Gasteiger partial charge on any atom is -0.361 e. The Balaban J connectivity index is 2.19. The van der Waals surface area contributed by atoms with Crippen LogP contribution in [0.15, 0.2) is 54.6 Å². The van der Waals surface area contributed by atoms with Gasteiger partial charge in [-0.1, -0.05) is 36.4 Å². The largest absolute Gasteiger partial charge is 0.361 e. The molecular formula is C19H15N3O2. The lowest BCUT2D eigenvalue weighted by atomic mass is 10.1. The van der Waals surface area contributed by atoms with Crippen molar-refractivity contribution in [2.24, 2.45) is 0 Å². The van der Waals surface area contributed by atoms with Crippen molar-refractivity contribution >= 4 is 28.8 Å². The van der Waals surface area contributed by atoms with E-state index in [1.165, 1.54) is 0 Å². The fourth-order valence-corrected chi connectivity index (χ4v) is 2.91. The maximum absolute atomic E-state index is 12.9. The number of carbonyl (C=O) groups is 2. The van der Waals surface area contributed by atoms with Crippen LogP contribution in [0.2, 0.25) is 0 Å². The third-order valence-corrected chi connectivity index (χ3v) is 4.02. The van der Waals surface area contributed by atoms with E-state index in [0.29, 0.717) is 11.3 Å². The minimum atomic E-state index is -0.323. The first kappa shape index (κ1) is 15.6. The van der Waals surface area contributed by atoms with Gasteiger partial charge in [0.2, 0.25) is 5.78 Å². The number of hydrogen-bond acceptors (Lipinski definition) is 2. The Morgan fingerprint density at radius 1 is 1.08 bits per heavy atom. The molecule has 0 unspecified atom stereocenters. The highest BCUT2D eigenvalue weighted by molar-refractivity contribution is 6.26. The zero-order valence-electron chi connectivity index (χ0n) is 13.1. The standard InChI is InChI=1S/C19H15N3O2/c1-13-17(11-15(23)12-21-20)16-9-5-6-10-18(16)22(13)19(24)14-7-3-2-4-8-14/h2-10,12H,11H2,1H3. The van der Waals surface area contributed by atoms with Crippen LogP contribution < -0.4 is 0 Å². The molecule has 0 aliphatic heterocycles. The number of nitrogens with zero attached hydrogens (tertiary/aromatic N) is 3. The van der Waals surface area contributed by atoms with Gasteiger partial charge in [-0.3, -0.25) is 14.2 Å². The number of rotatable bonds is 4. The van der Waals surface area contributed by atoms with Crippen molar-refractivity contribution in [3.05, 3.63) is 76.9 Å². The Labute approximate surface area is 138 Å². The van der Waals surface area contributed by atoms with Gasteiger partial charge < -0.3 is 5.53 Å². The summed E-state index contributed by atoms with van der Waals surface area (Å²) in [6, 6.07) is 16.5. The lowest BCUT2D eigenvalue weighted by molar-refractivity contribution is -0.115. The Morgan fingerprint density at radius 3 is 2.46 bits per heavy atom. The van der Waals surface area contributed by atoms with Gasteiger partial charge >= 0.3 is 6.21 Å².